The first kappa shape index (κ1) is 13.2. The van der Waals surface area contributed by atoms with E-state index in [4.69, 9.17) is 6.42 Å². The van der Waals surface area contributed by atoms with Gasteiger partial charge in [-0.1, -0.05) is 25.0 Å². The maximum Gasteiger partial charge on any atom is 0.225 e. The zero-order valence-electron chi connectivity index (χ0n) is 9.47. The maximum atomic E-state index is 13.3. The van der Waals surface area contributed by atoms with Gasteiger partial charge in [0.15, 0.2) is 11.6 Å². The summed E-state index contributed by atoms with van der Waals surface area (Å²) in [6.07, 6.45) is 5.55. The number of nitrogens with one attached hydrogen (secondary N) is 1. The zero-order chi connectivity index (χ0) is 12.8. The largest absolute Gasteiger partial charge is 0.342 e. The third-order valence-electron chi connectivity index (χ3n) is 2.33. The van der Waals surface area contributed by atoms with Crippen LogP contribution in [-0.2, 0) is 11.2 Å². The van der Waals surface area contributed by atoms with Crippen LogP contribution in [0.1, 0.15) is 18.9 Å². The van der Waals surface area contributed by atoms with Gasteiger partial charge in [-0.3, -0.25) is 4.79 Å². The van der Waals surface area contributed by atoms with Crippen molar-refractivity contribution >= 4 is 5.91 Å². The predicted molar refractivity (Wildman–Crippen MR) is 61.1 cm³/mol. The molecule has 1 rings (SSSR count). The molecule has 0 spiro atoms. The number of halogens is 2. The van der Waals surface area contributed by atoms with Gasteiger partial charge in [-0.05, 0) is 12.5 Å². The van der Waals surface area contributed by atoms with Crippen molar-refractivity contribution in [3.05, 3.63) is 35.4 Å². The van der Waals surface area contributed by atoms with E-state index in [9.17, 15) is 13.6 Å². The van der Waals surface area contributed by atoms with E-state index in [1.807, 2.05) is 6.92 Å². The molecule has 0 heterocycles. The number of hydrogen-bond donors (Lipinski definition) is 1. The second-order valence-electron chi connectivity index (χ2n) is 3.58. The van der Waals surface area contributed by atoms with Crippen LogP contribution in [0.3, 0.4) is 0 Å². The zero-order valence-corrected chi connectivity index (χ0v) is 9.47. The van der Waals surface area contributed by atoms with Gasteiger partial charge >= 0.3 is 0 Å². The molecule has 1 N–H and O–H groups in total. The molecule has 0 aliphatic carbocycles. The Balaban J connectivity index is 2.69. The van der Waals surface area contributed by atoms with Crippen LogP contribution in [0.2, 0.25) is 0 Å². The van der Waals surface area contributed by atoms with Crippen molar-refractivity contribution < 1.29 is 13.6 Å². The summed E-state index contributed by atoms with van der Waals surface area (Å²) in [4.78, 5) is 11.5. The first-order valence-corrected chi connectivity index (χ1v) is 5.26. The fraction of sp³-hybridized carbons (Fsp3) is 0.308. The standard InChI is InChI=1S/C13H13F2NO/c1-3-10(4-2)16-12(17)8-9-6-5-7-11(14)13(9)15/h1,5-7,10H,4,8H2,2H3,(H,16,17). The van der Waals surface area contributed by atoms with E-state index in [1.165, 1.54) is 12.1 Å². The van der Waals surface area contributed by atoms with E-state index in [2.05, 4.69) is 11.2 Å². The van der Waals surface area contributed by atoms with Crippen molar-refractivity contribution in [1.82, 2.24) is 5.32 Å². The molecule has 4 heteroatoms. The van der Waals surface area contributed by atoms with Gasteiger partial charge in [-0.25, -0.2) is 8.78 Å². The van der Waals surface area contributed by atoms with E-state index < -0.39 is 17.5 Å². The Morgan fingerprint density at radius 3 is 2.82 bits per heavy atom. The molecule has 0 aromatic heterocycles. The number of hydrogen-bond acceptors (Lipinski definition) is 1. The van der Waals surface area contributed by atoms with Crippen LogP contribution < -0.4 is 5.32 Å². The van der Waals surface area contributed by atoms with Gasteiger partial charge in [0.05, 0.1) is 12.5 Å². The minimum Gasteiger partial charge on any atom is -0.342 e. The van der Waals surface area contributed by atoms with Gasteiger partial charge < -0.3 is 5.32 Å². The molecule has 1 atom stereocenters. The van der Waals surface area contributed by atoms with E-state index in [0.717, 1.165) is 6.07 Å². The molecule has 0 aliphatic rings. The summed E-state index contributed by atoms with van der Waals surface area (Å²) in [6.45, 7) is 1.83. The first-order valence-electron chi connectivity index (χ1n) is 5.26. The Labute approximate surface area is 99.0 Å². The Kier molecular flexibility index (Phi) is 4.65. The van der Waals surface area contributed by atoms with Crippen molar-refractivity contribution in [2.24, 2.45) is 0 Å². The van der Waals surface area contributed by atoms with Crippen molar-refractivity contribution in [1.29, 1.82) is 0 Å². The lowest BCUT2D eigenvalue weighted by Gasteiger charge is -2.10. The van der Waals surface area contributed by atoms with Crippen LogP contribution in [0.5, 0.6) is 0 Å². The van der Waals surface area contributed by atoms with Crippen LogP contribution in [0.4, 0.5) is 8.78 Å². The molecular formula is C13H13F2NO. The van der Waals surface area contributed by atoms with Crippen LogP contribution in [0.15, 0.2) is 18.2 Å². The summed E-state index contributed by atoms with van der Waals surface area (Å²) in [5, 5.41) is 2.55. The number of carbonyl (C=O) groups is 1. The van der Waals surface area contributed by atoms with Crippen molar-refractivity contribution in [3.63, 3.8) is 0 Å². The number of terminal acetylenes is 1. The van der Waals surface area contributed by atoms with Gasteiger partial charge in [0.1, 0.15) is 0 Å². The second kappa shape index (κ2) is 6.00. The fourth-order valence-corrected chi connectivity index (χ4v) is 1.36. The molecule has 0 fully saturated rings. The summed E-state index contributed by atoms with van der Waals surface area (Å²) < 4.78 is 26.2. The summed E-state index contributed by atoms with van der Waals surface area (Å²) in [7, 11) is 0. The second-order valence-corrected chi connectivity index (χ2v) is 3.58. The van der Waals surface area contributed by atoms with Gasteiger partial charge in [-0.15, -0.1) is 6.42 Å². The minimum atomic E-state index is -0.989. The highest BCUT2D eigenvalue weighted by Gasteiger charge is 2.13. The lowest BCUT2D eigenvalue weighted by Crippen LogP contribution is -2.34. The Morgan fingerprint density at radius 2 is 2.24 bits per heavy atom. The number of benzene rings is 1. The van der Waals surface area contributed by atoms with Crippen LogP contribution in [0, 0.1) is 24.0 Å². The highest BCUT2D eigenvalue weighted by molar-refractivity contribution is 5.79. The molecule has 1 amide bonds. The molecule has 90 valence electrons. The molecule has 1 aromatic rings. The monoisotopic (exact) mass is 237 g/mol. The lowest BCUT2D eigenvalue weighted by atomic mass is 10.1. The van der Waals surface area contributed by atoms with Crippen LogP contribution in [-0.4, -0.2) is 11.9 Å². The topological polar surface area (TPSA) is 29.1 Å². The minimum absolute atomic E-state index is 0.0226. The molecule has 0 saturated heterocycles. The average Bonchev–Trinajstić information content (AvgIpc) is 2.32. The summed E-state index contributed by atoms with van der Waals surface area (Å²) >= 11 is 0. The van der Waals surface area contributed by atoms with Gasteiger partial charge in [0, 0.05) is 5.56 Å². The summed E-state index contributed by atoms with van der Waals surface area (Å²) in [5.41, 5.74) is 0.0226. The molecule has 17 heavy (non-hydrogen) atoms. The molecule has 1 aromatic carbocycles. The molecule has 0 saturated carbocycles. The van der Waals surface area contributed by atoms with Crippen molar-refractivity contribution in [3.8, 4) is 12.3 Å². The Hall–Kier alpha value is -1.89. The molecule has 0 radical (unpaired) electrons. The molecule has 1 unspecified atom stereocenters. The first-order chi connectivity index (χ1) is 8.08. The maximum absolute atomic E-state index is 13.3. The Morgan fingerprint density at radius 1 is 1.53 bits per heavy atom. The smallest absolute Gasteiger partial charge is 0.225 e. The van der Waals surface area contributed by atoms with Crippen LogP contribution >= 0.6 is 0 Å². The van der Waals surface area contributed by atoms with Gasteiger partial charge in [0.25, 0.3) is 0 Å². The normalized spacial score (nSPS) is 11.6. The fourth-order valence-electron chi connectivity index (χ4n) is 1.36. The van der Waals surface area contributed by atoms with E-state index in [-0.39, 0.29) is 18.0 Å². The van der Waals surface area contributed by atoms with E-state index >= 15 is 0 Å². The van der Waals surface area contributed by atoms with Gasteiger partial charge in [-0.2, -0.15) is 0 Å². The van der Waals surface area contributed by atoms with E-state index in [0.29, 0.717) is 6.42 Å². The SMILES string of the molecule is C#CC(CC)NC(=O)Cc1cccc(F)c1F. The predicted octanol–water partition coefficient (Wildman–Crippen LogP) is 2.04. The summed E-state index contributed by atoms with van der Waals surface area (Å²) in [5.74, 6) is 0.0289. The Bertz CT molecular complexity index is 451. The number of rotatable bonds is 4. The summed E-state index contributed by atoms with van der Waals surface area (Å²) in [6, 6.07) is 3.36. The van der Waals surface area contributed by atoms with Gasteiger partial charge in [0.2, 0.25) is 5.91 Å². The van der Waals surface area contributed by atoms with Crippen molar-refractivity contribution in [2.45, 2.75) is 25.8 Å². The molecule has 0 aliphatic heterocycles. The van der Waals surface area contributed by atoms with Crippen molar-refractivity contribution in [2.75, 3.05) is 0 Å². The highest BCUT2D eigenvalue weighted by atomic mass is 19.2. The quantitative estimate of drug-likeness (QED) is 0.798. The number of amides is 1. The highest BCUT2D eigenvalue weighted by Crippen LogP contribution is 2.11. The molecular weight excluding hydrogens is 224 g/mol. The number of carbonyl (C=O) groups excluding carboxylic acids is 1. The third-order valence-corrected chi connectivity index (χ3v) is 2.33. The lowest BCUT2D eigenvalue weighted by molar-refractivity contribution is -0.120. The van der Waals surface area contributed by atoms with E-state index in [1.54, 1.807) is 0 Å². The third kappa shape index (κ3) is 3.56. The van der Waals surface area contributed by atoms with Crippen LogP contribution in [0.25, 0.3) is 0 Å². The average molecular weight is 237 g/mol. The molecule has 2 nitrogen and oxygen atoms in total. The molecule has 0 bridgehead atoms.